The van der Waals surface area contributed by atoms with Gasteiger partial charge < -0.3 is 15.4 Å². The fraction of sp³-hybridized carbons (Fsp3) is 0.143. The molecule has 0 amide bonds. The Labute approximate surface area is 173 Å². The number of anilines is 1. The summed E-state index contributed by atoms with van der Waals surface area (Å²) in [5, 5.41) is 2.10. The second kappa shape index (κ2) is 8.68. The molecule has 1 aliphatic heterocycles. The molecule has 142 valence electrons. The summed E-state index contributed by atoms with van der Waals surface area (Å²) in [6.45, 7) is 2.11. The number of hydrogen-bond donors (Lipinski definition) is 1. The molecule has 1 aliphatic rings. The molecule has 0 aliphatic carbocycles. The molecule has 4 rings (SSSR count). The van der Waals surface area contributed by atoms with Crippen molar-refractivity contribution < 1.29 is 4.74 Å². The third kappa shape index (κ3) is 4.16. The highest BCUT2D eigenvalue weighted by Crippen LogP contribution is 2.41. The van der Waals surface area contributed by atoms with Gasteiger partial charge in [0.2, 0.25) is 0 Å². The van der Waals surface area contributed by atoms with E-state index >= 15 is 0 Å². The molecule has 0 fully saturated rings. The molecule has 2 aromatic heterocycles. The van der Waals surface area contributed by atoms with Crippen LogP contribution < -0.4 is 15.4 Å². The molecule has 1 aromatic carbocycles. The number of nitrogens with zero attached hydrogens (tertiary/aromatic N) is 3. The molecule has 0 saturated carbocycles. The van der Waals surface area contributed by atoms with Crippen LogP contribution in [0.25, 0.3) is 0 Å². The Balaban J connectivity index is 1.71. The number of thioether (sulfide) groups is 1. The quantitative estimate of drug-likeness (QED) is 0.580. The van der Waals surface area contributed by atoms with E-state index in [1.165, 1.54) is 0 Å². The Morgan fingerprint density at radius 2 is 1.93 bits per heavy atom. The van der Waals surface area contributed by atoms with Crippen LogP contribution in [-0.2, 0) is 0 Å². The van der Waals surface area contributed by atoms with Crippen LogP contribution in [0, 0.1) is 0 Å². The van der Waals surface area contributed by atoms with Crippen molar-refractivity contribution in [3.8, 4) is 11.5 Å². The predicted octanol–water partition coefficient (Wildman–Crippen LogP) is 5.47. The van der Waals surface area contributed by atoms with Crippen molar-refractivity contribution in [1.29, 1.82) is 0 Å². The molecular weight excluding hydrogens is 388 g/mol. The number of nitrogens with two attached hydrogens (primary N) is 1. The van der Waals surface area contributed by atoms with Crippen LogP contribution in [-0.4, -0.2) is 15.5 Å². The van der Waals surface area contributed by atoms with Gasteiger partial charge in [0.15, 0.2) is 11.6 Å². The molecule has 5 nitrogen and oxygen atoms in total. The van der Waals surface area contributed by atoms with Crippen molar-refractivity contribution in [2.45, 2.75) is 28.6 Å². The van der Waals surface area contributed by atoms with E-state index in [0.29, 0.717) is 5.75 Å². The molecule has 3 heterocycles. The summed E-state index contributed by atoms with van der Waals surface area (Å²) in [4.78, 5) is 12.9. The normalized spacial score (nSPS) is 16.1. The van der Waals surface area contributed by atoms with Gasteiger partial charge in [-0.25, -0.2) is 4.98 Å². The second-order valence-corrected chi connectivity index (χ2v) is 8.19. The largest absolute Gasteiger partial charge is 0.453 e. The lowest BCUT2D eigenvalue weighted by atomic mass is 10.3. The average Bonchev–Trinajstić information content (AvgIpc) is 3.10. The van der Waals surface area contributed by atoms with Gasteiger partial charge in [0.05, 0.1) is 0 Å². The molecule has 7 heteroatoms. The summed E-state index contributed by atoms with van der Waals surface area (Å²) in [6.07, 6.45) is 6.30. The van der Waals surface area contributed by atoms with Crippen LogP contribution in [0.4, 0.5) is 5.82 Å². The maximum atomic E-state index is 6.33. The number of ether oxygens (including phenoxy) is 1. The summed E-state index contributed by atoms with van der Waals surface area (Å²) in [5.41, 5.74) is 7.26. The van der Waals surface area contributed by atoms with Gasteiger partial charge in [0.25, 0.3) is 0 Å². The van der Waals surface area contributed by atoms with Crippen LogP contribution in [0.2, 0.25) is 0 Å². The Kier molecular flexibility index (Phi) is 5.85. The van der Waals surface area contributed by atoms with E-state index in [-0.39, 0.29) is 5.50 Å². The van der Waals surface area contributed by atoms with Gasteiger partial charge in [0, 0.05) is 40.1 Å². The summed E-state index contributed by atoms with van der Waals surface area (Å²) in [6, 6.07) is 15.7. The highest BCUT2D eigenvalue weighted by atomic mass is 32.2. The van der Waals surface area contributed by atoms with E-state index in [4.69, 9.17) is 15.5 Å². The van der Waals surface area contributed by atoms with Gasteiger partial charge in [-0.1, -0.05) is 48.6 Å². The Morgan fingerprint density at radius 1 is 1.14 bits per heavy atom. The van der Waals surface area contributed by atoms with Crippen molar-refractivity contribution in [1.82, 2.24) is 9.97 Å². The number of para-hydroxylation sites is 1. The number of benzene rings is 1. The van der Waals surface area contributed by atoms with Gasteiger partial charge in [-0.15, -0.1) is 0 Å². The molecule has 3 aromatic rings. The molecule has 28 heavy (non-hydrogen) atoms. The van der Waals surface area contributed by atoms with E-state index in [0.717, 1.165) is 33.5 Å². The standard InChI is InChI=1S/C21H20N4OS2/c1-2-15-14-27-21(22)25(15)20-19(26-16-6-4-3-5-7-16)12-18(13-24-20)28-17-8-10-23-11-9-17/h3-14,21H,2,22H2,1H3. The van der Waals surface area contributed by atoms with Gasteiger partial charge in [-0.2, -0.15) is 0 Å². The van der Waals surface area contributed by atoms with Crippen molar-refractivity contribution in [2.75, 3.05) is 4.90 Å². The first-order valence-electron chi connectivity index (χ1n) is 8.94. The molecular formula is C21H20N4OS2. The van der Waals surface area contributed by atoms with Crippen molar-refractivity contribution in [2.24, 2.45) is 5.73 Å². The highest BCUT2D eigenvalue weighted by molar-refractivity contribution is 8.03. The van der Waals surface area contributed by atoms with Gasteiger partial charge >= 0.3 is 0 Å². The molecule has 2 N–H and O–H groups in total. The summed E-state index contributed by atoms with van der Waals surface area (Å²) in [5.74, 6) is 2.18. The summed E-state index contributed by atoms with van der Waals surface area (Å²) >= 11 is 3.21. The second-order valence-electron chi connectivity index (χ2n) is 6.05. The number of allylic oxidation sites excluding steroid dienone is 1. The van der Waals surface area contributed by atoms with Crippen molar-refractivity contribution >= 4 is 29.3 Å². The SMILES string of the molecule is CCC1=CSC(N)N1c1ncc(Sc2ccncc2)cc1Oc1ccccc1. The average molecular weight is 409 g/mol. The zero-order valence-corrected chi connectivity index (χ0v) is 17.0. The molecule has 1 atom stereocenters. The van der Waals surface area contributed by atoms with Gasteiger partial charge in [-0.05, 0) is 36.1 Å². The lowest BCUT2D eigenvalue weighted by molar-refractivity contribution is 0.478. The summed E-state index contributed by atoms with van der Waals surface area (Å²) < 4.78 is 6.22. The first-order valence-corrected chi connectivity index (χ1v) is 10.7. The molecule has 0 radical (unpaired) electrons. The monoisotopic (exact) mass is 408 g/mol. The predicted molar refractivity (Wildman–Crippen MR) is 116 cm³/mol. The number of aromatic nitrogens is 2. The van der Waals surface area contributed by atoms with Crippen molar-refractivity contribution in [3.05, 3.63) is 78.2 Å². The minimum atomic E-state index is -0.209. The van der Waals surface area contributed by atoms with Crippen LogP contribution in [0.5, 0.6) is 11.5 Å². The third-order valence-corrected chi connectivity index (χ3v) is 6.03. The topological polar surface area (TPSA) is 64.3 Å². The smallest absolute Gasteiger partial charge is 0.178 e. The van der Waals surface area contributed by atoms with Gasteiger partial charge in [0.1, 0.15) is 11.2 Å². The maximum absolute atomic E-state index is 6.33. The van der Waals surface area contributed by atoms with Crippen LogP contribution in [0.15, 0.2) is 88.0 Å². The first-order chi connectivity index (χ1) is 13.7. The third-order valence-electron chi connectivity index (χ3n) is 4.16. The van der Waals surface area contributed by atoms with Crippen LogP contribution in [0.3, 0.4) is 0 Å². The minimum absolute atomic E-state index is 0.209. The van der Waals surface area contributed by atoms with E-state index in [2.05, 4.69) is 17.3 Å². The van der Waals surface area contributed by atoms with Gasteiger partial charge in [-0.3, -0.25) is 4.98 Å². The number of rotatable bonds is 6. The number of pyridine rings is 2. The fourth-order valence-corrected chi connectivity index (χ4v) is 4.56. The van der Waals surface area contributed by atoms with Crippen LogP contribution >= 0.6 is 23.5 Å². The van der Waals surface area contributed by atoms with E-state index in [9.17, 15) is 0 Å². The zero-order valence-electron chi connectivity index (χ0n) is 15.4. The summed E-state index contributed by atoms with van der Waals surface area (Å²) in [7, 11) is 0. The lowest BCUT2D eigenvalue weighted by Gasteiger charge is -2.27. The van der Waals surface area contributed by atoms with E-state index in [1.807, 2.05) is 59.6 Å². The molecule has 1 unspecified atom stereocenters. The number of hydrogen-bond acceptors (Lipinski definition) is 7. The minimum Gasteiger partial charge on any atom is -0.453 e. The highest BCUT2D eigenvalue weighted by Gasteiger charge is 2.28. The van der Waals surface area contributed by atoms with E-state index in [1.54, 1.807) is 35.9 Å². The first kappa shape index (κ1) is 18.9. The Morgan fingerprint density at radius 3 is 2.68 bits per heavy atom. The molecule has 0 saturated heterocycles. The molecule has 0 spiro atoms. The maximum Gasteiger partial charge on any atom is 0.178 e. The fourth-order valence-electron chi connectivity index (χ4n) is 2.83. The van der Waals surface area contributed by atoms with Crippen molar-refractivity contribution in [3.63, 3.8) is 0 Å². The lowest BCUT2D eigenvalue weighted by Crippen LogP contribution is -2.35. The Hall–Kier alpha value is -2.48. The molecule has 0 bridgehead atoms. The van der Waals surface area contributed by atoms with Crippen LogP contribution in [0.1, 0.15) is 13.3 Å². The van der Waals surface area contributed by atoms with E-state index < -0.39 is 0 Å². The Bertz CT molecular complexity index is 967. The zero-order chi connectivity index (χ0) is 19.3.